The minimum Gasteiger partial charge on any atom is -0.365 e. The summed E-state index contributed by atoms with van der Waals surface area (Å²) in [5.74, 6) is 2.15. The highest BCUT2D eigenvalue weighted by atomic mass is 15.4. The quantitative estimate of drug-likeness (QED) is 0.737. The van der Waals surface area contributed by atoms with Crippen LogP contribution >= 0.6 is 0 Å². The molecule has 0 saturated carbocycles. The molecule has 3 aromatic rings. The zero-order valence-electron chi connectivity index (χ0n) is 15.3. The Balaban J connectivity index is 1.37. The van der Waals surface area contributed by atoms with Crippen molar-refractivity contribution in [1.29, 1.82) is 0 Å². The van der Waals surface area contributed by atoms with Gasteiger partial charge < -0.3 is 15.1 Å². The van der Waals surface area contributed by atoms with Crippen molar-refractivity contribution in [3.63, 3.8) is 0 Å². The van der Waals surface area contributed by atoms with Crippen molar-refractivity contribution in [2.24, 2.45) is 0 Å². The first-order valence-corrected chi connectivity index (χ1v) is 9.04. The molecule has 0 bridgehead atoms. The lowest BCUT2D eigenvalue weighted by Crippen LogP contribution is -2.47. The van der Waals surface area contributed by atoms with E-state index in [2.05, 4.69) is 59.3 Å². The van der Waals surface area contributed by atoms with E-state index in [-0.39, 0.29) is 0 Å². The van der Waals surface area contributed by atoms with E-state index in [4.69, 9.17) is 0 Å². The lowest BCUT2D eigenvalue weighted by atomic mass is 10.1. The first-order chi connectivity index (χ1) is 13.3. The topological polar surface area (TPSA) is 83.0 Å². The Bertz CT molecular complexity index is 878. The molecule has 0 amide bonds. The highest BCUT2D eigenvalue weighted by Crippen LogP contribution is 2.16. The van der Waals surface area contributed by atoms with Crippen LogP contribution in [-0.2, 0) is 6.54 Å². The van der Waals surface area contributed by atoms with Gasteiger partial charge in [0.15, 0.2) is 5.82 Å². The fourth-order valence-corrected chi connectivity index (χ4v) is 3.07. The molecule has 0 aliphatic carbocycles. The number of hydrogen-bond donors (Lipinski definition) is 1. The van der Waals surface area contributed by atoms with Crippen molar-refractivity contribution in [3.8, 4) is 0 Å². The molecule has 1 N–H and O–H groups in total. The maximum absolute atomic E-state index is 4.63. The Kier molecular flexibility index (Phi) is 5.04. The molecule has 1 aliphatic heterocycles. The molecule has 1 fully saturated rings. The lowest BCUT2D eigenvalue weighted by Gasteiger charge is -2.34. The maximum atomic E-state index is 4.63. The zero-order valence-corrected chi connectivity index (χ0v) is 15.3. The average molecular weight is 362 g/mol. The molecule has 1 saturated heterocycles. The van der Waals surface area contributed by atoms with Crippen LogP contribution in [0.25, 0.3) is 0 Å². The van der Waals surface area contributed by atoms with Crippen LogP contribution in [-0.4, -0.2) is 51.3 Å². The van der Waals surface area contributed by atoms with Gasteiger partial charge in [-0.3, -0.25) is 0 Å². The lowest BCUT2D eigenvalue weighted by molar-refractivity contribution is 0.623. The molecule has 4 rings (SSSR count). The van der Waals surface area contributed by atoms with Gasteiger partial charge in [0.2, 0.25) is 11.9 Å². The van der Waals surface area contributed by atoms with Crippen LogP contribution in [0.5, 0.6) is 0 Å². The number of piperazine rings is 1. The van der Waals surface area contributed by atoms with Crippen LogP contribution < -0.4 is 15.1 Å². The van der Waals surface area contributed by atoms with Gasteiger partial charge in [-0.1, -0.05) is 24.3 Å². The molecule has 8 nitrogen and oxygen atoms in total. The second kappa shape index (κ2) is 7.94. The van der Waals surface area contributed by atoms with E-state index in [1.807, 2.05) is 18.2 Å². The molecule has 0 spiro atoms. The Labute approximate surface area is 158 Å². The van der Waals surface area contributed by atoms with Gasteiger partial charge in [-0.2, -0.15) is 10.1 Å². The Morgan fingerprint density at radius 2 is 1.63 bits per heavy atom. The zero-order chi connectivity index (χ0) is 18.5. The van der Waals surface area contributed by atoms with E-state index in [0.29, 0.717) is 12.5 Å². The first-order valence-electron chi connectivity index (χ1n) is 9.04. The molecule has 3 heterocycles. The van der Waals surface area contributed by atoms with Crippen molar-refractivity contribution >= 4 is 17.7 Å². The number of aromatic nitrogens is 5. The smallest absolute Gasteiger partial charge is 0.247 e. The summed E-state index contributed by atoms with van der Waals surface area (Å²) in [6, 6.07) is 10.1. The van der Waals surface area contributed by atoms with Crippen LogP contribution in [0.15, 0.2) is 48.9 Å². The monoisotopic (exact) mass is 362 g/mol. The van der Waals surface area contributed by atoms with Crippen LogP contribution in [0.3, 0.4) is 0 Å². The van der Waals surface area contributed by atoms with Gasteiger partial charge in [0.1, 0.15) is 0 Å². The Morgan fingerprint density at radius 3 is 2.37 bits per heavy atom. The third-order valence-electron chi connectivity index (χ3n) is 4.67. The molecule has 0 unspecified atom stereocenters. The molecular formula is C19H22N8. The number of hydrogen-bond acceptors (Lipinski definition) is 8. The number of aryl methyl sites for hydroxylation is 1. The van der Waals surface area contributed by atoms with Crippen LogP contribution in [0.1, 0.15) is 11.1 Å². The SMILES string of the molecule is Cc1ccccc1CNc1cnnc(N2CCN(c3ncccn3)CC2)n1. The molecule has 1 aliphatic rings. The Morgan fingerprint density at radius 1 is 0.926 bits per heavy atom. The summed E-state index contributed by atoms with van der Waals surface area (Å²) in [7, 11) is 0. The van der Waals surface area contributed by atoms with Gasteiger partial charge >= 0.3 is 0 Å². The van der Waals surface area contributed by atoms with Gasteiger partial charge in [0.25, 0.3) is 0 Å². The highest BCUT2D eigenvalue weighted by molar-refractivity contribution is 5.42. The van der Waals surface area contributed by atoms with E-state index < -0.39 is 0 Å². The van der Waals surface area contributed by atoms with Crippen molar-refractivity contribution < 1.29 is 0 Å². The third kappa shape index (κ3) is 4.11. The van der Waals surface area contributed by atoms with Crippen LogP contribution in [0, 0.1) is 6.92 Å². The summed E-state index contributed by atoms with van der Waals surface area (Å²) in [4.78, 5) is 17.6. The summed E-state index contributed by atoms with van der Waals surface area (Å²) >= 11 is 0. The minimum atomic E-state index is 0.651. The van der Waals surface area contributed by atoms with E-state index >= 15 is 0 Å². The van der Waals surface area contributed by atoms with Gasteiger partial charge in [-0.25, -0.2) is 9.97 Å². The predicted octanol–water partition coefficient (Wildman–Crippen LogP) is 1.91. The van der Waals surface area contributed by atoms with Crippen molar-refractivity contribution in [2.45, 2.75) is 13.5 Å². The Hall–Kier alpha value is -3.29. The van der Waals surface area contributed by atoms with Gasteiger partial charge in [0.05, 0.1) is 6.20 Å². The van der Waals surface area contributed by atoms with E-state index in [1.54, 1.807) is 18.6 Å². The molecule has 8 heteroatoms. The number of nitrogens with one attached hydrogen (secondary N) is 1. The van der Waals surface area contributed by atoms with E-state index in [0.717, 1.165) is 37.9 Å². The fourth-order valence-electron chi connectivity index (χ4n) is 3.07. The van der Waals surface area contributed by atoms with Gasteiger partial charge in [0, 0.05) is 45.1 Å². The van der Waals surface area contributed by atoms with Crippen LogP contribution in [0.2, 0.25) is 0 Å². The van der Waals surface area contributed by atoms with E-state index in [9.17, 15) is 0 Å². The maximum Gasteiger partial charge on any atom is 0.247 e. The van der Waals surface area contributed by atoms with Gasteiger partial charge in [-0.05, 0) is 24.1 Å². The normalized spacial score (nSPS) is 14.3. The second-order valence-electron chi connectivity index (χ2n) is 6.44. The first kappa shape index (κ1) is 17.1. The minimum absolute atomic E-state index is 0.651. The number of rotatable bonds is 5. The molecule has 2 aromatic heterocycles. The van der Waals surface area contributed by atoms with Crippen molar-refractivity contribution in [2.75, 3.05) is 41.3 Å². The summed E-state index contributed by atoms with van der Waals surface area (Å²) in [6.45, 7) is 6.09. The van der Waals surface area contributed by atoms with Crippen LogP contribution in [0.4, 0.5) is 17.7 Å². The second-order valence-corrected chi connectivity index (χ2v) is 6.44. The molecule has 0 radical (unpaired) electrons. The number of anilines is 3. The molecule has 0 atom stereocenters. The largest absolute Gasteiger partial charge is 0.365 e. The molecular weight excluding hydrogens is 340 g/mol. The predicted molar refractivity (Wildman–Crippen MR) is 105 cm³/mol. The molecule has 27 heavy (non-hydrogen) atoms. The fraction of sp³-hybridized carbons (Fsp3) is 0.316. The summed E-state index contributed by atoms with van der Waals surface area (Å²) in [5, 5.41) is 11.7. The summed E-state index contributed by atoms with van der Waals surface area (Å²) < 4.78 is 0. The number of nitrogens with zero attached hydrogens (tertiary/aromatic N) is 7. The van der Waals surface area contributed by atoms with Crippen molar-refractivity contribution in [1.82, 2.24) is 25.1 Å². The highest BCUT2D eigenvalue weighted by Gasteiger charge is 2.21. The third-order valence-corrected chi connectivity index (χ3v) is 4.67. The molecule has 138 valence electrons. The molecule has 1 aromatic carbocycles. The van der Waals surface area contributed by atoms with Gasteiger partial charge in [-0.15, -0.1) is 5.10 Å². The summed E-state index contributed by atoms with van der Waals surface area (Å²) in [5.41, 5.74) is 2.50. The van der Waals surface area contributed by atoms with Crippen molar-refractivity contribution in [3.05, 3.63) is 60.0 Å². The number of benzene rings is 1. The average Bonchev–Trinajstić information content (AvgIpc) is 2.74. The standard InChI is InChI=1S/C19H22N8/c1-15-5-2-3-6-16(15)13-22-17-14-23-25-19(24-17)27-11-9-26(10-12-27)18-20-7-4-8-21-18/h2-8,14H,9-13H2,1H3,(H,22,24,25). The summed E-state index contributed by atoms with van der Waals surface area (Å²) in [6.07, 6.45) is 5.20. The van der Waals surface area contributed by atoms with E-state index in [1.165, 1.54) is 11.1 Å².